The van der Waals surface area contributed by atoms with E-state index < -0.39 is 6.09 Å². The summed E-state index contributed by atoms with van der Waals surface area (Å²) in [6.45, 7) is 0.360. The molecule has 0 saturated heterocycles. The van der Waals surface area contributed by atoms with Gasteiger partial charge in [-0.2, -0.15) is 5.26 Å². The lowest BCUT2D eigenvalue weighted by Crippen LogP contribution is -2.31. The Labute approximate surface area is 188 Å². The molecule has 0 fully saturated rings. The van der Waals surface area contributed by atoms with Gasteiger partial charge in [-0.25, -0.2) is 4.79 Å². The molecule has 3 heterocycles. The Bertz CT molecular complexity index is 1160. The first-order chi connectivity index (χ1) is 15.6. The van der Waals surface area contributed by atoms with Gasteiger partial charge < -0.3 is 19.8 Å². The number of aromatic nitrogens is 1. The van der Waals surface area contributed by atoms with Gasteiger partial charge in [-0.1, -0.05) is 0 Å². The Kier molecular flexibility index (Phi) is 6.63. The van der Waals surface area contributed by atoms with E-state index in [1.54, 1.807) is 30.6 Å². The number of nitrogens with one attached hydrogen (secondary N) is 2. The highest BCUT2D eigenvalue weighted by Crippen LogP contribution is 2.38. The van der Waals surface area contributed by atoms with Crippen LogP contribution in [0.25, 0.3) is 6.08 Å². The number of hydrogen-bond acceptors (Lipinski definition) is 7. The Balaban J connectivity index is 1.36. The molecule has 0 aliphatic heterocycles. The lowest BCUT2D eigenvalue weighted by atomic mass is 9.94. The van der Waals surface area contributed by atoms with E-state index in [9.17, 15) is 14.9 Å². The second-order valence-electron chi connectivity index (χ2n) is 7.14. The molecule has 2 amide bonds. The largest absolute Gasteiger partial charge is 0.465 e. The number of fused-ring (bicyclic) bond motifs is 1. The lowest BCUT2D eigenvalue weighted by molar-refractivity contribution is -0.111. The first kappa shape index (κ1) is 21.3. The zero-order valence-corrected chi connectivity index (χ0v) is 17.9. The highest BCUT2D eigenvalue weighted by Gasteiger charge is 2.28. The molecular formula is C23H20N4O4S. The Hall–Kier alpha value is -3.90. The van der Waals surface area contributed by atoms with Crippen LogP contribution in [-0.4, -0.2) is 23.1 Å². The third kappa shape index (κ3) is 5.22. The fourth-order valence-electron chi connectivity index (χ4n) is 3.43. The molecule has 3 aromatic rings. The summed E-state index contributed by atoms with van der Waals surface area (Å²) in [6, 6.07) is 9.31. The van der Waals surface area contributed by atoms with Gasteiger partial charge in [0.05, 0.1) is 11.8 Å². The second-order valence-corrected chi connectivity index (χ2v) is 8.24. The predicted octanol–water partition coefficient (Wildman–Crippen LogP) is 4.04. The molecule has 8 nitrogen and oxygen atoms in total. The predicted molar refractivity (Wildman–Crippen MR) is 119 cm³/mol. The molecule has 2 N–H and O–H groups in total. The Morgan fingerprint density at radius 2 is 2.19 bits per heavy atom. The maximum atomic E-state index is 12.3. The van der Waals surface area contributed by atoms with Gasteiger partial charge in [0.2, 0.25) is 5.91 Å². The van der Waals surface area contributed by atoms with E-state index in [2.05, 4.69) is 21.7 Å². The van der Waals surface area contributed by atoms with Gasteiger partial charge in [-0.15, -0.1) is 11.3 Å². The van der Waals surface area contributed by atoms with Crippen molar-refractivity contribution in [3.8, 4) is 6.07 Å². The maximum Gasteiger partial charge on any atom is 0.407 e. The summed E-state index contributed by atoms with van der Waals surface area (Å²) < 4.78 is 10.7. The van der Waals surface area contributed by atoms with Crippen LogP contribution in [0.5, 0.6) is 0 Å². The number of alkyl carbamates (subject to hydrolysis) is 1. The molecule has 32 heavy (non-hydrogen) atoms. The van der Waals surface area contributed by atoms with Gasteiger partial charge >= 0.3 is 6.09 Å². The highest BCUT2D eigenvalue weighted by molar-refractivity contribution is 7.16. The van der Waals surface area contributed by atoms with Crippen molar-refractivity contribution in [3.63, 3.8) is 0 Å². The molecule has 4 rings (SSSR count). The van der Waals surface area contributed by atoms with Crippen molar-refractivity contribution in [2.24, 2.45) is 0 Å². The molecule has 1 unspecified atom stereocenters. The number of nitrogens with zero attached hydrogens (tertiary/aromatic N) is 2. The smallest absolute Gasteiger partial charge is 0.407 e. The van der Waals surface area contributed by atoms with Crippen molar-refractivity contribution >= 4 is 34.4 Å². The summed E-state index contributed by atoms with van der Waals surface area (Å²) in [5.41, 5.74) is 2.33. The molecule has 0 bridgehead atoms. The lowest BCUT2D eigenvalue weighted by Gasteiger charge is -2.22. The number of ether oxygens (including phenoxy) is 1. The molecule has 0 saturated carbocycles. The number of furan rings is 1. The van der Waals surface area contributed by atoms with Crippen LogP contribution in [0.1, 0.15) is 33.7 Å². The van der Waals surface area contributed by atoms with Crippen LogP contribution in [0.4, 0.5) is 9.80 Å². The monoisotopic (exact) mass is 448 g/mol. The van der Waals surface area contributed by atoms with E-state index >= 15 is 0 Å². The van der Waals surface area contributed by atoms with Gasteiger partial charge in [0.25, 0.3) is 0 Å². The summed E-state index contributed by atoms with van der Waals surface area (Å²) in [6.07, 6.45) is 8.74. The van der Waals surface area contributed by atoms with E-state index in [1.807, 2.05) is 12.1 Å². The van der Waals surface area contributed by atoms with Crippen molar-refractivity contribution < 1.29 is 18.7 Å². The first-order valence-electron chi connectivity index (χ1n) is 10.0. The van der Waals surface area contributed by atoms with Gasteiger partial charge in [-0.05, 0) is 54.3 Å². The molecule has 0 spiro atoms. The number of pyridine rings is 1. The summed E-state index contributed by atoms with van der Waals surface area (Å²) in [5, 5.41) is 15.6. The second kappa shape index (κ2) is 9.94. The normalized spacial score (nSPS) is 15.0. The van der Waals surface area contributed by atoms with Crippen LogP contribution in [0.2, 0.25) is 0 Å². The molecule has 0 radical (unpaired) electrons. The molecule has 9 heteroatoms. The quantitative estimate of drug-likeness (QED) is 0.550. The van der Waals surface area contributed by atoms with Crippen LogP contribution >= 0.6 is 11.3 Å². The van der Waals surface area contributed by atoms with E-state index in [-0.39, 0.29) is 12.0 Å². The minimum atomic E-state index is -0.482. The molecule has 0 aromatic carbocycles. The Morgan fingerprint density at radius 3 is 2.94 bits per heavy atom. The molecular weight excluding hydrogens is 428 g/mol. The standard InChI is InChI=1S/C23H20N4O4S/c24-13-19-18-5-3-17(31-23(29)26-14-15-7-9-25-10-8-15)12-20(18)32-22(19)27-21(28)6-4-16-2-1-11-30-16/h1-2,4,6-11,17H,3,5,12,14H2,(H,26,29)(H,27,28). The van der Waals surface area contributed by atoms with Crippen LogP contribution < -0.4 is 10.6 Å². The summed E-state index contributed by atoms with van der Waals surface area (Å²) in [4.78, 5) is 29.3. The van der Waals surface area contributed by atoms with Crippen molar-refractivity contribution in [3.05, 3.63) is 76.3 Å². The molecule has 1 atom stereocenters. The van der Waals surface area contributed by atoms with E-state index in [4.69, 9.17) is 9.15 Å². The summed E-state index contributed by atoms with van der Waals surface area (Å²) in [5.74, 6) is 0.216. The highest BCUT2D eigenvalue weighted by atomic mass is 32.1. The number of amides is 2. The summed E-state index contributed by atoms with van der Waals surface area (Å²) >= 11 is 1.35. The van der Waals surface area contributed by atoms with Crippen LogP contribution in [-0.2, 0) is 28.9 Å². The van der Waals surface area contributed by atoms with Gasteiger partial charge in [0.1, 0.15) is 22.9 Å². The van der Waals surface area contributed by atoms with E-state index in [1.165, 1.54) is 23.7 Å². The number of nitriles is 1. The number of thiophene rings is 1. The van der Waals surface area contributed by atoms with Gasteiger partial charge in [0, 0.05) is 36.3 Å². The molecule has 3 aromatic heterocycles. The maximum absolute atomic E-state index is 12.3. The average Bonchev–Trinajstić information content (AvgIpc) is 3.44. The Morgan fingerprint density at radius 1 is 1.34 bits per heavy atom. The first-order valence-corrected chi connectivity index (χ1v) is 10.8. The number of carbonyl (C=O) groups is 2. The van der Waals surface area contributed by atoms with Crippen molar-refractivity contribution in [1.82, 2.24) is 10.3 Å². The third-order valence-electron chi connectivity index (χ3n) is 4.97. The van der Waals surface area contributed by atoms with E-state index in [0.29, 0.717) is 42.1 Å². The van der Waals surface area contributed by atoms with Crippen LogP contribution in [0, 0.1) is 11.3 Å². The number of carbonyl (C=O) groups excluding carboxylic acids is 2. The summed E-state index contributed by atoms with van der Waals surface area (Å²) in [7, 11) is 0. The van der Waals surface area contributed by atoms with Crippen molar-refractivity contribution in [1.29, 1.82) is 5.26 Å². The average molecular weight is 449 g/mol. The fourth-order valence-corrected chi connectivity index (χ4v) is 4.69. The van der Waals surface area contributed by atoms with E-state index in [0.717, 1.165) is 16.0 Å². The van der Waals surface area contributed by atoms with Gasteiger partial charge in [0.15, 0.2) is 0 Å². The zero-order chi connectivity index (χ0) is 22.3. The number of rotatable bonds is 6. The zero-order valence-electron chi connectivity index (χ0n) is 17.0. The third-order valence-corrected chi connectivity index (χ3v) is 6.14. The fraction of sp³-hybridized carbons (Fsp3) is 0.217. The van der Waals surface area contributed by atoms with Crippen molar-refractivity contribution in [2.75, 3.05) is 5.32 Å². The SMILES string of the molecule is N#Cc1c(NC(=O)C=Cc2ccco2)sc2c1CCC(OC(=O)NCc1ccncc1)C2. The van der Waals surface area contributed by atoms with Crippen LogP contribution in [0.15, 0.2) is 53.4 Å². The van der Waals surface area contributed by atoms with Crippen LogP contribution in [0.3, 0.4) is 0 Å². The van der Waals surface area contributed by atoms with Gasteiger partial charge in [-0.3, -0.25) is 9.78 Å². The molecule has 1 aliphatic carbocycles. The number of anilines is 1. The number of hydrogen-bond donors (Lipinski definition) is 2. The van der Waals surface area contributed by atoms with Crippen molar-refractivity contribution in [2.45, 2.75) is 31.9 Å². The minimum Gasteiger partial charge on any atom is -0.465 e. The molecule has 162 valence electrons. The molecule has 1 aliphatic rings. The topological polar surface area (TPSA) is 117 Å². The minimum absolute atomic E-state index is 0.285.